The van der Waals surface area contributed by atoms with E-state index in [0.717, 1.165) is 0 Å². The van der Waals surface area contributed by atoms with Gasteiger partial charge in [0, 0.05) is 6.42 Å². The maximum atomic E-state index is 11.7. The summed E-state index contributed by atoms with van der Waals surface area (Å²) in [6.07, 6.45) is -0.237. The van der Waals surface area contributed by atoms with Crippen molar-refractivity contribution in [3.63, 3.8) is 0 Å². The van der Waals surface area contributed by atoms with Gasteiger partial charge < -0.3 is 13.9 Å². The zero-order chi connectivity index (χ0) is 16.0. The number of nitriles is 1. The Kier molecular flexibility index (Phi) is 5.48. The highest BCUT2D eigenvalue weighted by Gasteiger charge is 2.25. The minimum absolute atomic E-state index is 0.0386. The topological polar surface area (TPSA) is 119 Å². The molecule has 0 radical (unpaired) electrons. The fraction of sp³-hybridized carbons (Fsp3) is 0.385. The van der Waals surface area contributed by atoms with Gasteiger partial charge in [-0.05, 0) is 6.92 Å². The molecule has 0 aliphatic carbocycles. The van der Waals surface area contributed by atoms with Gasteiger partial charge in [-0.15, -0.1) is 0 Å². The lowest BCUT2D eigenvalue weighted by atomic mass is 10.1. The Morgan fingerprint density at radius 3 is 2.43 bits per heavy atom. The molecule has 0 aliphatic rings. The van der Waals surface area contributed by atoms with E-state index in [-0.39, 0.29) is 35.6 Å². The average molecular weight is 294 g/mol. The first-order chi connectivity index (χ1) is 9.94. The van der Waals surface area contributed by atoms with Crippen LogP contribution in [-0.4, -0.2) is 32.1 Å². The van der Waals surface area contributed by atoms with Crippen molar-refractivity contribution in [2.24, 2.45) is 0 Å². The van der Waals surface area contributed by atoms with Crippen LogP contribution in [0, 0.1) is 18.3 Å². The van der Waals surface area contributed by atoms with Gasteiger partial charge in [0.15, 0.2) is 0 Å². The summed E-state index contributed by atoms with van der Waals surface area (Å²) in [4.78, 5) is 34.2. The number of esters is 2. The largest absolute Gasteiger partial charge is 0.469 e. The lowest BCUT2D eigenvalue weighted by Crippen LogP contribution is -2.14. The summed E-state index contributed by atoms with van der Waals surface area (Å²) >= 11 is 0. The van der Waals surface area contributed by atoms with E-state index in [1.54, 1.807) is 6.07 Å². The highest BCUT2D eigenvalue weighted by Crippen LogP contribution is 2.27. The molecule has 0 aromatic carbocycles. The summed E-state index contributed by atoms with van der Waals surface area (Å²) in [6, 6.07) is 1.78. The molecule has 1 N–H and O–H groups in total. The standard InChI is InChI=1S/C13H14N2O6/c1-7-11(13(18)20-3)8(6-14)12(21-7)15-9(16)4-5-10(17)19-2/h4-5H2,1-3H3,(H,15,16). The Hall–Kier alpha value is -2.82. The number of ether oxygens (including phenoxy) is 2. The predicted molar refractivity (Wildman–Crippen MR) is 69.4 cm³/mol. The van der Waals surface area contributed by atoms with E-state index in [9.17, 15) is 14.4 Å². The lowest BCUT2D eigenvalue weighted by Gasteiger charge is -2.02. The van der Waals surface area contributed by atoms with Crippen LogP contribution in [0.3, 0.4) is 0 Å². The number of furan rings is 1. The third kappa shape index (κ3) is 3.82. The summed E-state index contributed by atoms with van der Waals surface area (Å²) in [6.45, 7) is 1.47. The van der Waals surface area contributed by atoms with Gasteiger partial charge in [0.25, 0.3) is 0 Å². The normalized spacial score (nSPS) is 9.62. The molecule has 0 bridgehead atoms. The average Bonchev–Trinajstić information content (AvgIpc) is 2.79. The smallest absolute Gasteiger partial charge is 0.342 e. The van der Waals surface area contributed by atoms with Crippen LogP contribution in [0.1, 0.15) is 34.5 Å². The number of nitrogens with zero attached hydrogens (tertiary/aromatic N) is 1. The van der Waals surface area contributed by atoms with Crippen LogP contribution in [0.15, 0.2) is 4.42 Å². The van der Waals surface area contributed by atoms with Crippen LogP contribution in [0.2, 0.25) is 0 Å². The molecule has 1 heterocycles. The number of amides is 1. The molecule has 0 aliphatic heterocycles. The van der Waals surface area contributed by atoms with Crippen LogP contribution >= 0.6 is 0 Å². The Balaban J connectivity index is 2.90. The number of anilines is 1. The van der Waals surface area contributed by atoms with E-state index in [0.29, 0.717) is 0 Å². The minimum Gasteiger partial charge on any atom is -0.469 e. The van der Waals surface area contributed by atoms with Crippen molar-refractivity contribution in [2.75, 3.05) is 19.5 Å². The number of aryl methyl sites for hydroxylation is 1. The summed E-state index contributed by atoms with van der Waals surface area (Å²) in [5.41, 5.74) is -0.158. The van der Waals surface area contributed by atoms with Gasteiger partial charge in [-0.2, -0.15) is 5.26 Å². The van der Waals surface area contributed by atoms with Crippen LogP contribution in [-0.2, 0) is 19.1 Å². The summed E-state index contributed by atoms with van der Waals surface area (Å²) in [7, 11) is 2.39. The third-order valence-electron chi connectivity index (χ3n) is 2.62. The highest BCUT2D eigenvalue weighted by atomic mass is 16.5. The molecule has 0 atom stereocenters. The van der Waals surface area contributed by atoms with E-state index < -0.39 is 17.8 Å². The van der Waals surface area contributed by atoms with Crippen molar-refractivity contribution in [3.05, 3.63) is 16.9 Å². The lowest BCUT2D eigenvalue weighted by molar-refractivity contribution is -0.141. The molecule has 1 rings (SSSR count). The maximum absolute atomic E-state index is 11.7. The molecule has 0 unspecified atom stereocenters. The number of rotatable bonds is 5. The van der Waals surface area contributed by atoms with Gasteiger partial charge in [-0.3, -0.25) is 14.9 Å². The number of hydrogen-bond donors (Lipinski definition) is 1. The molecule has 1 aromatic rings. The van der Waals surface area contributed by atoms with E-state index in [1.165, 1.54) is 21.1 Å². The second-order valence-electron chi connectivity index (χ2n) is 3.97. The highest BCUT2D eigenvalue weighted by molar-refractivity contribution is 5.98. The molecule has 8 heteroatoms. The SMILES string of the molecule is COC(=O)CCC(=O)Nc1oc(C)c(C(=O)OC)c1C#N. The van der Waals surface area contributed by atoms with Crippen LogP contribution < -0.4 is 5.32 Å². The quantitative estimate of drug-likeness (QED) is 0.808. The molecule has 112 valence electrons. The Morgan fingerprint density at radius 2 is 1.90 bits per heavy atom. The number of carbonyl (C=O) groups excluding carboxylic acids is 3. The van der Waals surface area contributed by atoms with Crippen molar-refractivity contribution < 1.29 is 28.3 Å². The molecule has 0 spiro atoms. The molecular formula is C13H14N2O6. The van der Waals surface area contributed by atoms with Gasteiger partial charge in [-0.25, -0.2) is 4.79 Å². The predicted octanol–water partition coefficient (Wildman–Crippen LogP) is 1.14. The van der Waals surface area contributed by atoms with Crippen molar-refractivity contribution in [1.29, 1.82) is 5.26 Å². The van der Waals surface area contributed by atoms with Crippen LogP contribution in [0.5, 0.6) is 0 Å². The van der Waals surface area contributed by atoms with Crippen molar-refractivity contribution in [3.8, 4) is 6.07 Å². The van der Waals surface area contributed by atoms with E-state index in [2.05, 4.69) is 14.8 Å². The summed E-state index contributed by atoms with van der Waals surface area (Å²) in [5, 5.41) is 11.4. The molecule has 21 heavy (non-hydrogen) atoms. The van der Waals surface area contributed by atoms with Gasteiger partial charge in [0.1, 0.15) is 23.0 Å². The van der Waals surface area contributed by atoms with Crippen LogP contribution in [0.4, 0.5) is 5.88 Å². The Morgan fingerprint density at radius 1 is 1.24 bits per heavy atom. The van der Waals surface area contributed by atoms with E-state index >= 15 is 0 Å². The third-order valence-corrected chi connectivity index (χ3v) is 2.62. The number of nitrogens with one attached hydrogen (secondary N) is 1. The van der Waals surface area contributed by atoms with Gasteiger partial charge in [-0.1, -0.05) is 0 Å². The molecule has 0 fully saturated rings. The zero-order valence-electron chi connectivity index (χ0n) is 11.8. The molecule has 8 nitrogen and oxygen atoms in total. The first-order valence-electron chi connectivity index (χ1n) is 5.93. The van der Waals surface area contributed by atoms with E-state index in [1.807, 2.05) is 0 Å². The van der Waals surface area contributed by atoms with Gasteiger partial charge in [0.05, 0.1) is 20.6 Å². The molecular weight excluding hydrogens is 280 g/mol. The van der Waals surface area contributed by atoms with Gasteiger partial charge >= 0.3 is 11.9 Å². The number of carbonyl (C=O) groups is 3. The van der Waals surface area contributed by atoms with Crippen LogP contribution in [0.25, 0.3) is 0 Å². The molecule has 0 saturated heterocycles. The molecule has 1 aromatic heterocycles. The maximum Gasteiger partial charge on any atom is 0.342 e. The van der Waals surface area contributed by atoms with Crippen molar-refractivity contribution >= 4 is 23.7 Å². The number of methoxy groups -OCH3 is 2. The van der Waals surface area contributed by atoms with Gasteiger partial charge in [0.2, 0.25) is 11.8 Å². The minimum atomic E-state index is -0.733. The fourth-order valence-electron chi connectivity index (χ4n) is 1.59. The number of hydrogen-bond acceptors (Lipinski definition) is 7. The fourth-order valence-corrected chi connectivity index (χ4v) is 1.59. The second-order valence-corrected chi connectivity index (χ2v) is 3.97. The molecule has 0 saturated carbocycles. The summed E-state index contributed by atoms with van der Waals surface area (Å²) in [5.74, 6) is -1.80. The first-order valence-corrected chi connectivity index (χ1v) is 5.93. The summed E-state index contributed by atoms with van der Waals surface area (Å²) < 4.78 is 14.1. The Bertz CT molecular complexity index is 611. The second kappa shape index (κ2) is 7.09. The van der Waals surface area contributed by atoms with Crippen molar-refractivity contribution in [2.45, 2.75) is 19.8 Å². The Labute approximate surface area is 120 Å². The van der Waals surface area contributed by atoms with E-state index in [4.69, 9.17) is 9.68 Å². The molecule has 1 amide bonds. The van der Waals surface area contributed by atoms with Crippen molar-refractivity contribution in [1.82, 2.24) is 0 Å². The zero-order valence-corrected chi connectivity index (χ0v) is 11.8. The monoisotopic (exact) mass is 294 g/mol. The first kappa shape index (κ1) is 16.2.